The molecule has 2 nitrogen and oxygen atoms in total. The van der Waals surface area contributed by atoms with E-state index in [0.29, 0.717) is 17.7 Å². The maximum absolute atomic E-state index is 13.3. The van der Waals surface area contributed by atoms with E-state index in [2.05, 4.69) is 0 Å². The predicted molar refractivity (Wildman–Crippen MR) is 64.4 cm³/mol. The smallest absolute Gasteiger partial charge is 0.125 e. The predicted octanol–water partition coefficient (Wildman–Crippen LogP) is 2.82. The molecule has 0 aromatic heterocycles. The molecule has 17 heavy (non-hydrogen) atoms. The maximum Gasteiger partial charge on any atom is 0.125 e. The highest BCUT2D eigenvalue weighted by molar-refractivity contribution is 5.66. The second kappa shape index (κ2) is 4.77. The van der Waals surface area contributed by atoms with Gasteiger partial charge in [-0.15, -0.1) is 0 Å². The monoisotopic (exact) mass is 226 g/mol. The lowest BCUT2D eigenvalue weighted by molar-refractivity contribution is 0.628. The highest BCUT2D eigenvalue weighted by atomic mass is 19.1. The Hall–Kier alpha value is -2.18. The first kappa shape index (κ1) is 11.3. The van der Waals surface area contributed by atoms with Gasteiger partial charge in [-0.05, 0) is 41.0 Å². The van der Waals surface area contributed by atoms with Gasteiger partial charge >= 0.3 is 0 Å². The topological polar surface area (TPSA) is 49.8 Å². The number of nitrogens with zero attached hydrogens (tertiary/aromatic N) is 1. The van der Waals surface area contributed by atoms with Crippen molar-refractivity contribution in [2.45, 2.75) is 6.54 Å². The SMILES string of the molecule is N#Cc1cc(F)cc(-c2cccc(CN)c2)c1. The second-order valence-corrected chi connectivity index (χ2v) is 3.74. The highest BCUT2D eigenvalue weighted by Crippen LogP contribution is 2.22. The van der Waals surface area contributed by atoms with Crippen molar-refractivity contribution in [3.05, 3.63) is 59.4 Å². The fourth-order valence-electron chi connectivity index (χ4n) is 1.70. The molecule has 2 aromatic rings. The lowest BCUT2D eigenvalue weighted by Gasteiger charge is -2.05. The summed E-state index contributed by atoms with van der Waals surface area (Å²) >= 11 is 0. The number of benzene rings is 2. The van der Waals surface area contributed by atoms with Gasteiger partial charge in [-0.25, -0.2) is 4.39 Å². The van der Waals surface area contributed by atoms with Gasteiger partial charge in [0.2, 0.25) is 0 Å². The van der Waals surface area contributed by atoms with Crippen LogP contribution >= 0.6 is 0 Å². The second-order valence-electron chi connectivity index (χ2n) is 3.74. The Morgan fingerprint density at radius 3 is 2.65 bits per heavy atom. The molecule has 0 bridgehead atoms. The van der Waals surface area contributed by atoms with E-state index < -0.39 is 5.82 Å². The molecule has 84 valence electrons. The lowest BCUT2D eigenvalue weighted by Crippen LogP contribution is -1.95. The molecule has 0 saturated carbocycles. The summed E-state index contributed by atoms with van der Waals surface area (Å²) in [5, 5.41) is 8.80. The van der Waals surface area contributed by atoms with Crippen LogP contribution in [-0.2, 0) is 6.54 Å². The molecule has 0 unspecified atom stereocenters. The number of rotatable bonds is 2. The minimum atomic E-state index is -0.405. The summed E-state index contributed by atoms with van der Waals surface area (Å²) < 4.78 is 13.3. The first-order valence-corrected chi connectivity index (χ1v) is 5.23. The normalized spacial score (nSPS) is 9.94. The van der Waals surface area contributed by atoms with Crippen LogP contribution in [-0.4, -0.2) is 0 Å². The number of hydrogen-bond donors (Lipinski definition) is 1. The van der Waals surface area contributed by atoms with Crippen LogP contribution < -0.4 is 5.73 Å². The van der Waals surface area contributed by atoms with Crippen LogP contribution in [0.3, 0.4) is 0 Å². The van der Waals surface area contributed by atoms with Crippen LogP contribution in [0, 0.1) is 17.1 Å². The molecule has 0 radical (unpaired) electrons. The molecule has 3 heteroatoms. The summed E-state index contributed by atoms with van der Waals surface area (Å²) in [5.41, 5.74) is 8.41. The van der Waals surface area contributed by atoms with Gasteiger partial charge in [0.15, 0.2) is 0 Å². The van der Waals surface area contributed by atoms with Crippen molar-refractivity contribution in [3.8, 4) is 17.2 Å². The van der Waals surface area contributed by atoms with E-state index in [1.165, 1.54) is 12.1 Å². The molecule has 0 amide bonds. The largest absolute Gasteiger partial charge is 0.326 e. The third-order valence-electron chi connectivity index (χ3n) is 2.52. The van der Waals surface area contributed by atoms with E-state index >= 15 is 0 Å². The maximum atomic E-state index is 13.3. The molecule has 0 aliphatic carbocycles. The summed E-state index contributed by atoms with van der Waals surface area (Å²) in [6, 6.07) is 13.8. The van der Waals surface area contributed by atoms with Crippen LogP contribution in [0.4, 0.5) is 4.39 Å². The van der Waals surface area contributed by atoms with Gasteiger partial charge < -0.3 is 5.73 Å². The summed E-state index contributed by atoms with van der Waals surface area (Å²) in [6.45, 7) is 0.439. The van der Waals surface area contributed by atoms with Crippen molar-refractivity contribution >= 4 is 0 Å². The van der Waals surface area contributed by atoms with Crippen LogP contribution in [0.25, 0.3) is 11.1 Å². The Kier molecular flexibility index (Phi) is 3.17. The molecular weight excluding hydrogens is 215 g/mol. The third-order valence-corrected chi connectivity index (χ3v) is 2.52. The number of halogens is 1. The summed E-state index contributed by atoms with van der Waals surface area (Å²) in [6.07, 6.45) is 0. The Bertz CT molecular complexity index is 585. The standard InChI is InChI=1S/C14H11FN2/c15-14-6-11(9-17)5-13(7-14)12-3-1-2-10(4-12)8-16/h1-7H,8,16H2. The van der Waals surface area contributed by atoms with Crippen molar-refractivity contribution in [3.63, 3.8) is 0 Å². The molecule has 2 aromatic carbocycles. The zero-order valence-electron chi connectivity index (χ0n) is 9.15. The van der Waals surface area contributed by atoms with Crippen LogP contribution in [0.15, 0.2) is 42.5 Å². The molecule has 0 saturated heterocycles. The molecule has 0 aliphatic heterocycles. The van der Waals surface area contributed by atoms with Gasteiger partial charge in [0, 0.05) is 6.54 Å². The van der Waals surface area contributed by atoms with Crippen LogP contribution in [0.5, 0.6) is 0 Å². The number of nitriles is 1. The Balaban J connectivity index is 2.52. The fourth-order valence-corrected chi connectivity index (χ4v) is 1.70. The van der Waals surface area contributed by atoms with E-state index in [4.69, 9.17) is 11.0 Å². The van der Waals surface area contributed by atoms with Crippen molar-refractivity contribution in [2.75, 3.05) is 0 Å². The summed E-state index contributed by atoms with van der Waals surface area (Å²) in [5.74, 6) is -0.405. The van der Waals surface area contributed by atoms with E-state index in [0.717, 1.165) is 11.1 Å². The minimum Gasteiger partial charge on any atom is -0.326 e. The van der Waals surface area contributed by atoms with Crippen molar-refractivity contribution in [1.82, 2.24) is 0 Å². The number of nitrogens with two attached hydrogens (primary N) is 1. The fraction of sp³-hybridized carbons (Fsp3) is 0.0714. The minimum absolute atomic E-state index is 0.318. The average molecular weight is 226 g/mol. The zero-order chi connectivity index (χ0) is 12.3. The molecular formula is C14H11FN2. The average Bonchev–Trinajstić information content (AvgIpc) is 2.38. The third kappa shape index (κ3) is 2.49. The zero-order valence-corrected chi connectivity index (χ0v) is 9.15. The van der Waals surface area contributed by atoms with E-state index in [1.54, 1.807) is 6.07 Å². The lowest BCUT2D eigenvalue weighted by atomic mass is 10.0. The molecule has 0 fully saturated rings. The molecule has 0 atom stereocenters. The van der Waals surface area contributed by atoms with Crippen LogP contribution in [0.1, 0.15) is 11.1 Å². The first-order chi connectivity index (χ1) is 8.22. The number of hydrogen-bond acceptors (Lipinski definition) is 2. The van der Waals surface area contributed by atoms with E-state index in [9.17, 15) is 4.39 Å². The van der Waals surface area contributed by atoms with E-state index in [1.807, 2.05) is 30.3 Å². The van der Waals surface area contributed by atoms with Gasteiger partial charge in [0.25, 0.3) is 0 Å². The van der Waals surface area contributed by atoms with Gasteiger partial charge in [0.05, 0.1) is 11.6 Å². The van der Waals surface area contributed by atoms with Crippen molar-refractivity contribution < 1.29 is 4.39 Å². The van der Waals surface area contributed by atoms with Crippen molar-refractivity contribution in [1.29, 1.82) is 5.26 Å². The molecule has 0 aliphatic rings. The quantitative estimate of drug-likeness (QED) is 0.856. The molecule has 2 N–H and O–H groups in total. The van der Waals surface area contributed by atoms with Gasteiger partial charge in [-0.3, -0.25) is 0 Å². The van der Waals surface area contributed by atoms with Gasteiger partial charge in [0.1, 0.15) is 5.82 Å². The van der Waals surface area contributed by atoms with Gasteiger partial charge in [-0.1, -0.05) is 18.2 Å². The van der Waals surface area contributed by atoms with Crippen LogP contribution in [0.2, 0.25) is 0 Å². The summed E-state index contributed by atoms with van der Waals surface area (Å²) in [4.78, 5) is 0. The first-order valence-electron chi connectivity index (χ1n) is 5.23. The van der Waals surface area contributed by atoms with Crippen molar-refractivity contribution in [2.24, 2.45) is 5.73 Å². The Morgan fingerprint density at radius 1 is 1.12 bits per heavy atom. The van der Waals surface area contributed by atoms with Gasteiger partial charge in [-0.2, -0.15) is 5.26 Å². The van der Waals surface area contributed by atoms with E-state index in [-0.39, 0.29) is 0 Å². The molecule has 2 rings (SSSR count). The molecule has 0 spiro atoms. The Morgan fingerprint density at radius 2 is 1.94 bits per heavy atom. The summed E-state index contributed by atoms with van der Waals surface area (Å²) in [7, 11) is 0. The Labute approximate surface area is 99.1 Å². The highest BCUT2D eigenvalue weighted by Gasteiger charge is 2.03. The molecule has 0 heterocycles.